The molecule has 0 bridgehead atoms. The summed E-state index contributed by atoms with van der Waals surface area (Å²) in [6.07, 6.45) is 0. The quantitative estimate of drug-likeness (QED) is 0.205. The van der Waals surface area contributed by atoms with Gasteiger partial charge in [-0.15, -0.1) is 0 Å². The standard InChI is InChI=1S/C42H35NO/c1-27(2)28-14-18-31(19-15-28)43(32-20-16-30(17-21-32)29-10-6-5-7-11-29)33-22-23-34-36-24-25-37-35-12-8-9-13-39(35)44-41(37)40(36)42(3,4)38(34)26-33/h5-27H,1-4H3. The van der Waals surface area contributed by atoms with Gasteiger partial charge in [0.25, 0.3) is 0 Å². The number of fused-ring (bicyclic) bond motifs is 7. The Hall–Kier alpha value is -5.08. The number of furan rings is 1. The van der Waals surface area contributed by atoms with Crippen molar-refractivity contribution in [2.75, 3.05) is 4.90 Å². The number of rotatable bonds is 5. The van der Waals surface area contributed by atoms with Crippen molar-refractivity contribution in [2.45, 2.75) is 39.0 Å². The molecule has 1 aliphatic carbocycles. The minimum absolute atomic E-state index is 0.224. The van der Waals surface area contributed by atoms with Gasteiger partial charge in [-0.3, -0.25) is 0 Å². The highest BCUT2D eigenvalue weighted by molar-refractivity contribution is 6.09. The van der Waals surface area contributed by atoms with Crippen molar-refractivity contribution in [3.05, 3.63) is 150 Å². The Morgan fingerprint density at radius 1 is 0.568 bits per heavy atom. The van der Waals surface area contributed by atoms with Crippen LogP contribution in [-0.2, 0) is 5.41 Å². The van der Waals surface area contributed by atoms with E-state index in [-0.39, 0.29) is 5.41 Å². The van der Waals surface area contributed by atoms with Crippen molar-refractivity contribution < 1.29 is 4.42 Å². The number of nitrogens with zero attached hydrogens (tertiary/aromatic N) is 1. The molecule has 1 aliphatic rings. The molecule has 2 nitrogen and oxygen atoms in total. The van der Waals surface area contributed by atoms with Crippen LogP contribution in [0.3, 0.4) is 0 Å². The smallest absolute Gasteiger partial charge is 0.140 e. The van der Waals surface area contributed by atoms with Gasteiger partial charge in [0.1, 0.15) is 11.2 Å². The number of hydrogen-bond acceptors (Lipinski definition) is 2. The van der Waals surface area contributed by atoms with Crippen LogP contribution in [0.25, 0.3) is 44.2 Å². The fraction of sp³-hybridized carbons (Fsp3) is 0.143. The Labute approximate surface area is 259 Å². The molecule has 6 aromatic carbocycles. The fourth-order valence-corrected chi connectivity index (χ4v) is 7.08. The molecule has 0 spiro atoms. The molecule has 0 saturated heterocycles. The normalized spacial score (nSPS) is 13.4. The van der Waals surface area contributed by atoms with Gasteiger partial charge < -0.3 is 9.32 Å². The molecule has 0 amide bonds. The molecule has 0 unspecified atom stereocenters. The summed E-state index contributed by atoms with van der Waals surface area (Å²) >= 11 is 0. The van der Waals surface area contributed by atoms with Crippen LogP contribution < -0.4 is 4.90 Å². The minimum Gasteiger partial charge on any atom is -0.456 e. The Balaban J connectivity index is 1.27. The van der Waals surface area contributed by atoms with Crippen LogP contribution >= 0.6 is 0 Å². The van der Waals surface area contributed by atoms with E-state index in [0.29, 0.717) is 5.92 Å². The van der Waals surface area contributed by atoms with E-state index in [1.54, 1.807) is 0 Å². The summed E-state index contributed by atoms with van der Waals surface area (Å²) in [7, 11) is 0. The first-order chi connectivity index (χ1) is 21.4. The zero-order valence-corrected chi connectivity index (χ0v) is 25.6. The summed E-state index contributed by atoms with van der Waals surface area (Å²) in [6, 6.07) is 48.4. The Morgan fingerprint density at radius 2 is 1.18 bits per heavy atom. The largest absolute Gasteiger partial charge is 0.456 e. The maximum atomic E-state index is 6.55. The lowest BCUT2D eigenvalue weighted by molar-refractivity contribution is 0.620. The van der Waals surface area contributed by atoms with Crippen molar-refractivity contribution >= 4 is 39.0 Å². The molecule has 8 rings (SSSR count). The third kappa shape index (κ3) is 4.09. The first kappa shape index (κ1) is 26.5. The minimum atomic E-state index is -0.224. The highest BCUT2D eigenvalue weighted by Crippen LogP contribution is 2.54. The molecule has 214 valence electrons. The summed E-state index contributed by atoms with van der Waals surface area (Å²) in [5.41, 5.74) is 14.1. The summed E-state index contributed by atoms with van der Waals surface area (Å²) in [5, 5.41) is 2.36. The highest BCUT2D eigenvalue weighted by Gasteiger charge is 2.39. The molecule has 2 heteroatoms. The van der Waals surface area contributed by atoms with Gasteiger partial charge in [-0.25, -0.2) is 0 Å². The summed E-state index contributed by atoms with van der Waals surface area (Å²) in [4.78, 5) is 2.38. The summed E-state index contributed by atoms with van der Waals surface area (Å²) in [6.45, 7) is 9.16. The van der Waals surface area contributed by atoms with Gasteiger partial charge >= 0.3 is 0 Å². The van der Waals surface area contributed by atoms with Gasteiger partial charge in [-0.2, -0.15) is 0 Å². The van der Waals surface area contributed by atoms with Crippen molar-refractivity contribution in [3.63, 3.8) is 0 Å². The van der Waals surface area contributed by atoms with Gasteiger partial charge in [0.05, 0.1) is 0 Å². The lowest BCUT2D eigenvalue weighted by Gasteiger charge is -2.28. The molecule has 7 aromatic rings. The monoisotopic (exact) mass is 569 g/mol. The average molecular weight is 570 g/mol. The number of hydrogen-bond donors (Lipinski definition) is 0. The topological polar surface area (TPSA) is 16.4 Å². The maximum Gasteiger partial charge on any atom is 0.140 e. The summed E-state index contributed by atoms with van der Waals surface area (Å²) in [5.74, 6) is 0.483. The molecular weight excluding hydrogens is 534 g/mol. The van der Waals surface area contributed by atoms with Gasteiger partial charge in [-0.05, 0) is 87.8 Å². The van der Waals surface area contributed by atoms with Gasteiger partial charge in [0.15, 0.2) is 0 Å². The maximum absolute atomic E-state index is 6.55. The van der Waals surface area contributed by atoms with Crippen LogP contribution in [0.4, 0.5) is 17.1 Å². The van der Waals surface area contributed by atoms with Crippen molar-refractivity contribution in [1.29, 1.82) is 0 Å². The first-order valence-corrected chi connectivity index (χ1v) is 15.6. The molecule has 0 N–H and O–H groups in total. The zero-order valence-electron chi connectivity index (χ0n) is 25.6. The number of para-hydroxylation sites is 1. The Morgan fingerprint density at radius 3 is 1.91 bits per heavy atom. The van der Waals surface area contributed by atoms with Crippen LogP contribution in [0.15, 0.2) is 138 Å². The first-order valence-electron chi connectivity index (χ1n) is 15.6. The molecule has 0 atom stereocenters. The van der Waals surface area contributed by atoms with E-state index < -0.39 is 0 Å². The van der Waals surface area contributed by atoms with Gasteiger partial charge in [0.2, 0.25) is 0 Å². The molecule has 44 heavy (non-hydrogen) atoms. The SMILES string of the molecule is CC(C)c1ccc(N(c2ccc(-c3ccccc3)cc2)c2ccc3c(c2)C(C)(C)c2c-3ccc3c2oc2ccccc23)cc1. The van der Waals surface area contributed by atoms with Crippen molar-refractivity contribution in [2.24, 2.45) is 0 Å². The Kier molecular flexibility index (Phi) is 6.03. The van der Waals surface area contributed by atoms with Crippen LogP contribution in [0.1, 0.15) is 50.3 Å². The second-order valence-corrected chi connectivity index (χ2v) is 12.8. The lowest BCUT2D eigenvalue weighted by atomic mass is 9.81. The van der Waals surface area contributed by atoms with Gasteiger partial charge in [-0.1, -0.05) is 113 Å². The predicted molar refractivity (Wildman–Crippen MR) is 185 cm³/mol. The van der Waals surface area contributed by atoms with E-state index in [0.717, 1.165) is 28.2 Å². The molecule has 0 fully saturated rings. The van der Waals surface area contributed by atoms with Gasteiger partial charge in [0, 0.05) is 38.8 Å². The van der Waals surface area contributed by atoms with E-state index in [1.165, 1.54) is 49.7 Å². The zero-order chi connectivity index (χ0) is 30.0. The predicted octanol–water partition coefficient (Wildman–Crippen LogP) is 12.2. The van der Waals surface area contributed by atoms with E-state index >= 15 is 0 Å². The van der Waals surface area contributed by atoms with Crippen LogP contribution in [0.5, 0.6) is 0 Å². The fourth-order valence-electron chi connectivity index (χ4n) is 7.08. The van der Waals surface area contributed by atoms with Crippen LogP contribution in [0, 0.1) is 0 Å². The third-order valence-electron chi connectivity index (χ3n) is 9.45. The van der Waals surface area contributed by atoms with E-state index in [1.807, 2.05) is 6.07 Å². The molecule has 0 saturated carbocycles. The average Bonchev–Trinajstić information content (AvgIpc) is 3.54. The number of benzene rings is 6. The summed E-state index contributed by atoms with van der Waals surface area (Å²) < 4.78 is 6.55. The second-order valence-electron chi connectivity index (χ2n) is 12.8. The lowest BCUT2D eigenvalue weighted by Crippen LogP contribution is -2.17. The second kappa shape index (κ2) is 9.99. The molecule has 1 aromatic heterocycles. The molecule has 0 radical (unpaired) electrons. The molecule has 1 heterocycles. The molecular formula is C42H35NO. The van der Waals surface area contributed by atoms with E-state index in [4.69, 9.17) is 4.42 Å². The Bertz CT molecular complexity index is 2150. The van der Waals surface area contributed by atoms with E-state index in [2.05, 4.69) is 160 Å². The van der Waals surface area contributed by atoms with Crippen LogP contribution in [-0.4, -0.2) is 0 Å². The highest BCUT2D eigenvalue weighted by atomic mass is 16.3. The molecule has 0 aliphatic heterocycles. The van der Waals surface area contributed by atoms with E-state index in [9.17, 15) is 0 Å². The third-order valence-corrected chi connectivity index (χ3v) is 9.45. The van der Waals surface area contributed by atoms with Crippen LogP contribution in [0.2, 0.25) is 0 Å². The van der Waals surface area contributed by atoms with Crippen molar-refractivity contribution in [3.8, 4) is 22.3 Å². The number of anilines is 3. The van der Waals surface area contributed by atoms with Crippen molar-refractivity contribution in [1.82, 2.24) is 0 Å².